The first kappa shape index (κ1) is 12.2. The van der Waals surface area contributed by atoms with Crippen LogP contribution in [0.1, 0.15) is 12.5 Å². The van der Waals surface area contributed by atoms with Gasteiger partial charge >= 0.3 is 0 Å². The van der Waals surface area contributed by atoms with Crippen LogP contribution < -0.4 is 11.1 Å². The molecule has 0 saturated heterocycles. The lowest BCUT2D eigenvalue weighted by Gasteiger charge is -2.09. The molecule has 0 heterocycles. The van der Waals surface area contributed by atoms with Crippen LogP contribution >= 0.6 is 0 Å². The summed E-state index contributed by atoms with van der Waals surface area (Å²) >= 11 is 0. The van der Waals surface area contributed by atoms with Gasteiger partial charge < -0.3 is 11.1 Å². The number of anilines is 1. The summed E-state index contributed by atoms with van der Waals surface area (Å²) in [6.07, 6.45) is 0. The van der Waals surface area contributed by atoms with Crippen molar-refractivity contribution in [2.75, 3.05) is 5.73 Å². The number of rotatable bonds is 3. The minimum Gasteiger partial charge on any atom is -0.398 e. The van der Waals surface area contributed by atoms with Crippen molar-refractivity contribution >= 4 is 11.6 Å². The first-order valence-electron chi connectivity index (χ1n) is 5.85. The standard InChI is InChI=1S/C15H16N2O/c1-11(18)17-10-12-7-8-15(16)14(9-12)13-5-3-2-4-6-13/h2-9H,10,16H2,1H3,(H,17,18). The first-order chi connectivity index (χ1) is 8.66. The van der Waals surface area contributed by atoms with Gasteiger partial charge in [0, 0.05) is 24.7 Å². The smallest absolute Gasteiger partial charge is 0.217 e. The number of nitrogens with one attached hydrogen (secondary N) is 1. The molecular weight excluding hydrogens is 224 g/mol. The Morgan fingerprint density at radius 3 is 2.56 bits per heavy atom. The molecular formula is C15H16N2O. The highest BCUT2D eigenvalue weighted by Gasteiger charge is 2.04. The van der Waals surface area contributed by atoms with Crippen molar-refractivity contribution in [1.29, 1.82) is 0 Å². The molecule has 0 fully saturated rings. The molecule has 2 rings (SSSR count). The molecule has 2 aromatic carbocycles. The van der Waals surface area contributed by atoms with Crippen LogP contribution in [0.25, 0.3) is 11.1 Å². The maximum atomic E-state index is 10.9. The lowest BCUT2D eigenvalue weighted by atomic mass is 10.0. The molecule has 0 atom stereocenters. The lowest BCUT2D eigenvalue weighted by Crippen LogP contribution is -2.18. The second kappa shape index (κ2) is 5.36. The van der Waals surface area contributed by atoms with Crippen LogP contribution in [0.4, 0.5) is 5.69 Å². The van der Waals surface area contributed by atoms with Crippen LogP contribution in [-0.4, -0.2) is 5.91 Å². The van der Waals surface area contributed by atoms with E-state index in [9.17, 15) is 4.79 Å². The third kappa shape index (κ3) is 2.88. The molecule has 0 unspecified atom stereocenters. The van der Waals surface area contributed by atoms with Crippen LogP contribution in [0.15, 0.2) is 48.5 Å². The van der Waals surface area contributed by atoms with Crippen molar-refractivity contribution < 1.29 is 4.79 Å². The van der Waals surface area contributed by atoms with Gasteiger partial charge in [-0.05, 0) is 23.3 Å². The van der Waals surface area contributed by atoms with E-state index in [0.717, 1.165) is 22.4 Å². The van der Waals surface area contributed by atoms with E-state index in [2.05, 4.69) is 5.32 Å². The molecule has 0 spiro atoms. The summed E-state index contributed by atoms with van der Waals surface area (Å²) in [4.78, 5) is 10.9. The maximum absolute atomic E-state index is 10.9. The number of carbonyl (C=O) groups is 1. The van der Waals surface area contributed by atoms with E-state index in [0.29, 0.717) is 6.54 Å². The van der Waals surface area contributed by atoms with Gasteiger partial charge in [0.25, 0.3) is 0 Å². The summed E-state index contributed by atoms with van der Waals surface area (Å²) in [6, 6.07) is 15.8. The molecule has 2 aromatic rings. The first-order valence-corrected chi connectivity index (χ1v) is 5.85. The maximum Gasteiger partial charge on any atom is 0.217 e. The van der Waals surface area contributed by atoms with Gasteiger partial charge in [-0.1, -0.05) is 36.4 Å². The fourth-order valence-corrected chi connectivity index (χ4v) is 1.81. The van der Waals surface area contributed by atoms with E-state index in [1.54, 1.807) is 0 Å². The third-order valence-electron chi connectivity index (χ3n) is 2.74. The molecule has 0 bridgehead atoms. The zero-order valence-corrected chi connectivity index (χ0v) is 10.3. The van der Waals surface area contributed by atoms with Gasteiger partial charge in [-0.3, -0.25) is 4.79 Å². The van der Waals surface area contributed by atoms with Crippen LogP contribution in [-0.2, 0) is 11.3 Å². The number of carbonyl (C=O) groups excluding carboxylic acids is 1. The second-order valence-corrected chi connectivity index (χ2v) is 4.20. The Hall–Kier alpha value is -2.29. The van der Waals surface area contributed by atoms with E-state index in [1.165, 1.54) is 6.92 Å². The Balaban J connectivity index is 2.30. The lowest BCUT2D eigenvalue weighted by molar-refractivity contribution is -0.119. The van der Waals surface area contributed by atoms with Crippen LogP contribution in [0.3, 0.4) is 0 Å². The fraction of sp³-hybridized carbons (Fsp3) is 0.133. The monoisotopic (exact) mass is 240 g/mol. The Morgan fingerprint density at radius 2 is 1.89 bits per heavy atom. The van der Waals surface area contributed by atoms with E-state index >= 15 is 0 Å². The van der Waals surface area contributed by atoms with E-state index < -0.39 is 0 Å². The van der Waals surface area contributed by atoms with E-state index in [1.807, 2.05) is 48.5 Å². The Bertz CT molecular complexity index is 550. The predicted octanol–water partition coefficient (Wildman–Crippen LogP) is 2.57. The summed E-state index contributed by atoms with van der Waals surface area (Å²) in [5.74, 6) is -0.0342. The zero-order valence-electron chi connectivity index (χ0n) is 10.3. The highest BCUT2D eigenvalue weighted by Crippen LogP contribution is 2.26. The average Bonchev–Trinajstić information content (AvgIpc) is 2.38. The minimum absolute atomic E-state index is 0.0342. The summed E-state index contributed by atoms with van der Waals surface area (Å²) in [5, 5.41) is 2.78. The molecule has 0 aromatic heterocycles. The van der Waals surface area contributed by atoms with Crippen molar-refractivity contribution in [3.8, 4) is 11.1 Å². The summed E-state index contributed by atoms with van der Waals surface area (Å²) < 4.78 is 0. The summed E-state index contributed by atoms with van der Waals surface area (Å²) in [7, 11) is 0. The topological polar surface area (TPSA) is 55.1 Å². The molecule has 0 aliphatic rings. The van der Waals surface area contributed by atoms with Gasteiger partial charge in [0.15, 0.2) is 0 Å². The number of benzene rings is 2. The largest absolute Gasteiger partial charge is 0.398 e. The third-order valence-corrected chi connectivity index (χ3v) is 2.74. The highest BCUT2D eigenvalue weighted by atomic mass is 16.1. The Labute approximate surface area is 107 Å². The molecule has 18 heavy (non-hydrogen) atoms. The molecule has 3 nitrogen and oxygen atoms in total. The van der Waals surface area contributed by atoms with Crippen molar-refractivity contribution in [1.82, 2.24) is 5.32 Å². The van der Waals surface area contributed by atoms with Crippen LogP contribution in [0, 0.1) is 0 Å². The van der Waals surface area contributed by atoms with Crippen molar-refractivity contribution in [2.24, 2.45) is 0 Å². The van der Waals surface area contributed by atoms with E-state index in [-0.39, 0.29) is 5.91 Å². The molecule has 3 heteroatoms. The van der Waals surface area contributed by atoms with Gasteiger partial charge in [-0.25, -0.2) is 0 Å². The summed E-state index contributed by atoms with van der Waals surface area (Å²) in [5.41, 5.74) is 9.86. The molecule has 1 amide bonds. The van der Waals surface area contributed by atoms with Gasteiger partial charge in [-0.2, -0.15) is 0 Å². The zero-order chi connectivity index (χ0) is 13.0. The Kier molecular flexibility index (Phi) is 3.63. The number of amides is 1. The predicted molar refractivity (Wildman–Crippen MR) is 73.8 cm³/mol. The average molecular weight is 240 g/mol. The number of nitrogen functional groups attached to an aromatic ring is 1. The van der Waals surface area contributed by atoms with Crippen LogP contribution in [0.5, 0.6) is 0 Å². The van der Waals surface area contributed by atoms with Gasteiger partial charge in [-0.15, -0.1) is 0 Å². The SMILES string of the molecule is CC(=O)NCc1ccc(N)c(-c2ccccc2)c1. The molecule has 0 aliphatic carbocycles. The van der Waals surface area contributed by atoms with Crippen molar-refractivity contribution in [3.63, 3.8) is 0 Å². The van der Waals surface area contributed by atoms with Crippen molar-refractivity contribution in [2.45, 2.75) is 13.5 Å². The summed E-state index contributed by atoms with van der Waals surface area (Å²) in [6.45, 7) is 2.03. The minimum atomic E-state index is -0.0342. The van der Waals surface area contributed by atoms with Gasteiger partial charge in [0.1, 0.15) is 0 Å². The van der Waals surface area contributed by atoms with Crippen molar-refractivity contribution in [3.05, 3.63) is 54.1 Å². The molecule has 0 radical (unpaired) electrons. The Morgan fingerprint density at radius 1 is 1.17 bits per heavy atom. The number of nitrogens with two attached hydrogens (primary N) is 1. The molecule has 3 N–H and O–H groups in total. The quantitative estimate of drug-likeness (QED) is 0.810. The van der Waals surface area contributed by atoms with Gasteiger partial charge in [0.2, 0.25) is 5.91 Å². The molecule has 92 valence electrons. The highest BCUT2D eigenvalue weighted by molar-refractivity contribution is 5.77. The number of hydrogen-bond acceptors (Lipinski definition) is 2. The van der Waals surface area contributed by atoms with E-state index in [4.69, 9.17) is 5.73 Å². The normalized spacial score (nSPS) is 10.1. The van der Waals surface area contributed by atoms with Gasteiger partial charge in [0.05, 0.1) is 0 Å². The number of hydrogen-bond donors (Lipinski definition) is 2. The molecule has 0 saturated carbocycles. The fourth-order valence-electron chi connectivity index (χ4n) is 1.81. The second-order valence-electron chi connectivity index (χ2n) is 4.20. The van der Waals surface area contributed by atoms with Crippen LogP contribution in [0.2, 0.25) is 0 Å². The molecule has 0 aliphatic heterocycles.